The number of carbonyl (C=O) groups is 2. The molecule has 0 aliphatic carbocycles. The van der Waals surface area contributed by atoms with Gasteiger partial charge in [-0.05, 0) is 66.4 Å². The number of allylic oxidation sites excluding steroid dienone is 2. The van der Waals surface area contributed by atoms with E-state index >= 15 is 0 Å². The molecule has 3 aromatic rings. The molecule has 0 bridgehead atoms. The molecule has 30 heavy (non-hydrogen) atoms. The van der Waals surface area contributed by atoms with Crippen LogP contribution in [-0.2, 0) is 12.8 Å². The summed E-state index contributed by atoms with van der Waals surface area (Å²) in [4.78, 5) is 24.9. The van der Waals surface area contributed by atoms with Gasteiger partial charge in [-0.15, -0.1) is 13.2 Å². The molecule has 0 saturated carbocycles. The molecular weight excluding hydrogens is 376 g/mol. The Morgan fingerprint density at radius 2 is 1.07 bits per heavy atom. The van der Waals surface area contributed by atoms with Gasteiger partial charge >= 0.3 is 11.9 Å². The molecule has 0 aromatic heterocycles. The van der Waals surface area contributed by atoms with Crippen LogP contribution in [0.15, 0.2) is 98.1 Å². The Bertz CT molecular complexity index is 964. The molecule has 0 N–H and O–H groups in total. The Morgan fingerprint density at radius 3 is 1.43 bits per heavy atom. The van der Waals surface area contributed by atoms with Crippen molar-refractivity contribution in [1.82, 2.24) is 0 Å². The monoisotopic (exact) mass is 398 g/mol. The summed E-state index contributed by atoms with van der Waals surface area (Å²) in [6, 6.07) is 20.7. The van der Waals surface area contributed by atoms with Gasteiger partial charge in [-0.1, -0.05) is 42.5 Å². The molecule has 0 atom stereocenters. The minimum Gasteiger partial charge on any atom is -0.423 e. The quantitative estimate of drug-likeness (QED) is 0.282. The highest BCUT2D eigenvalue weighted by Crippen LogP contribution is 2.18. The number of hydrogen-bond acceptors (Lipinski definition) is 4. The maximum atomic E-state index is 12.5. The van der Waals surface area contributed by atoms with Crippen molar-refractivity contribution in [3.8, 4) is 11.5 Å². The van der Waals surface area contributed by atoms with Crippen LogP contribution in [-0.4, -0.2) is 11.9 Å². The number of esters is 2. The fourth-order valence-electron chi connectivity index (χ4n) is 2.83. The lowest BCUT2D eigenvalue weighted by Gasteiger charge is -2.08. The minimum absolute atomic E-state index is 0.265. The van der Waals surface area contributed by atoms with Gasteiger partial charge in [-0.25, -0.2) is 9.59 Å². The van der Waals surface area contributed by atoms with Crippen molar-refractivity contribution >= 4 is 11.9 Å². The number of carbonyl (C=O) groups excluding carboxylic acids is 2. The molecule has 4 heteroatoms. The van der Waals surface area contributed by atoms with Crippen molar-refractivity contribution in [2.24, 2.45) is 0 Å². The first kappa shape index (κ1) is 20.8. The third-order valence-electron chi connectivity index (χ3n) is 4.36. The van der Waals surface area contributed by atoms with Gasteiger partial charge in [0.25, 0.3) is 0 Å². The molecular formula is C26H22O4. The molecule has 0 saturated heterocycles. The van der Waals surface area contributed by atoms with Gasteiger partial charge in [0.15, 0.2) is 0 Å². The van der Waals surface area contributed by atoms with Crippen molar-refractivity contribution in [2.45, 2.75) is 12.8 Å². The highest BCUT2D eigenvalue weighted by molar-refractivity contribution is 5.96. The van der Waals surface area contributed by atoms with Crippen molar-refractivity contribution in [2.75, 3.05) is 0 Å². The Balaban J connectivity index is 1.66. The van der Waals surface area contributed by atoms with E-state index in [4.69, 9.17) is 9.47 Å². The first-order valence-corrected chi connectivity index (χ1v) is 9.53. The molecule has 4 nitrogen and oxygen atoms in total. The molecule has 150 valence electrons. The summed E-state index contributed by atoms with van der Waals surface area (Å²) < 4.78 is 10.8. The first-order valence-electron chi connectivity index (χ1n) is 9.53. The summed E-state index contributed by atoms with van der Waals surface area (Å²) in [6.07, 6.45) is 5.10. The van der Waals surface area contributed by atoms with Crippen LogP contribution < -0.4 is 9.47 Å². The van der Waals surface area contributed by atoms with E-state index in [0.29, 0.717) is 11.5 Å². The fraction of sp³-hybridized carbons (Fsp3) is 0.0769. The van der Waals surface area contributed by atoms with Crippen molar-refractivity contribution in [3.05, 3.63) is 120 Å². The Hall–Kier alpha value is -3.92. The van der Waals surface area contributed by atoms with Crippen LogP contribution in [0.1, 0.15) is 31.8 Å². The lowest BCUT2D eigenvalue weighted by atomic mass is 10.1. The van der Waals surface area contributed by atoms with Crippen LogP contribution in [0.4, 0.5) is 0 Å². The molecule has 0 aliphatic rings. The summed E-state index contributed by atoms with van der Waals surface area (Å²) in [7, 11) is 0. The maximum absolute atomic E-state index is 12.5. The van der Waals surface area contributed by atoms with Crippen LogP contribution in [0.2, 0.25) is 0 Å². The van der Waals surface area contributed by atoms with E-state index in [1.165, 1.54) is 6.07 Å². The van der Waals surface area contributed by atoms with Crippen molar-refractivity contribution < 1.29 is 19.1 Å². The van der Waals surface area contributed by atoms with Gasteiger partial charge in [0, 0.05) is 0 Å². The van der Waals surface area contributed by atoms with Crippen LogP contribution in [0.3, 0.4) is 0 Å². The van der Waals surface area contributed by atoms with E-state index in [2.05, 4.69) is 13.2 Å². The smallest absolute Gasteiger partial charge is 0.343 e. The van der Waals surface area contributed by atoms with Gasteiger partial charge in [0.2, 0.25) is 0 Å². The second-order valence-electron chi connectivity index (χ2n) is 6.63. The summed E-state index contributed by atoms with van der Waals surface area (Å²) in [5.74, 6) is -0.231. The second-order valence-corrected chi connectivity index (χ2v) is 6.63. The number of benzene rings is 3. The van der Waals surface area contributed by atoms with Crippen molar-refractivity contribution in [3.63, 3.8) is 0 Å². The van der Waals surface area contributed by atoms with E-state index in [0.717, 1.165) is 24.0 Å². The van der Waals surface area contributed by atoms with Crippen molar-refractivity contribution in [1.29, 1.82) is 0 Å². The van der Waals surface area contributed by atoms with Gasteiger partial charge in [-0.3, -0.25) is 0 Å². The molecule has 0 aliphatic heterocycles. The van der Waals surface area contributed by atoms with E-state index < -0.39 is 11.9 Å². The predicted octanol–water partition coefficient (Wildman–Crippen LogP) is 5.58. The van der Waals surface area contributed by atoms with Gasteiger partial charge in [0.1, 0.15) is 11.5 Å². The van der Waals surface area contributed by atoms with Crippen LogP contribution in [0.25, 0.3) is 0 Å². The summed E-state index contributed by atoms with van der Waals surface area (Å²) in [5, 5.41) is 0. The molecule has 0 radical (unpaired) electrons. The topological polar surface area (TPSA) is 52.6 Å². The largest absolute Gasteiger partial charge is 0.423 e. The summed E-state index contributed by atoms with van der Waals surface area (Å²) >= 11 is 0. The number of hydrogen-bond donors (Lipinski definition) is 0. The van der Waals surface area contributed by atoms with Crippen LogP contribution in [0.5, 0.6) is 11.5 Å². The Labute approximate surface area is 176 Å². The third kappa shape index (κ3) is 5.55. The molecule has 0 fully saturated rings. The average Bonchev–Trinajstić information content (AvgIpc) is 2.77. The van der Waals surface area contributed by atoms with E-state index in [9.17, 15) is 9.59 Å². The third-order valence-corrected chi connectivity index (χ3v) is 4.36. The van der Waals surface area contributed by atoms with E-state index in [1.807, 2.05) is 24.3 Å². The van der Waals surface area contributed by atoms with Gasteiger partial charge in [0.05, 0.1) is 11.1 Å². The normalized spacial score (nSPS) is 10.1. The molecule has 0 amide bonds. The van der Waals surface area contributed by atoms with Gasteiger partial charge < -0.3 is 9.47 Å². The van der Waals surface area contributed by atoms with Crippen LogP contribution in [0, 0.1) is 0 Å². The zero-order valence-electron chi connectivity index (χ0n) is 16.5. The Kier molecular flexibility index (Phi) is 6.95. The molecule has 3 aromatic carbocycles. The fourth-order valence-corrected chi connectivity index (χ4v) is 2.83. The lowest BCUT2D eigenvalue weighted by Crippen LogP contribution is -2.12. The SMILES string of the molecule is C=CCc1ccc(OC(=O)c2cccc(C(=O)Oc3ccc(CC=C)cc3)c2)cc1. The zero-order chi connectivity index (χ0) is 21.3. The molecule has 0 unspecified atom stereocenters. The van der Waals surface area contributed by atoms with Crippen LogP contribution >= 0.6 is 0 Å². The molecule has 0 heterocycles. The summed E-state index contributed by atoms with van der Waals surface area (Å²) in [6.45, 7) is 7.40. The highest BCUT2D eigenvalue weighted by atomic mass is 16.5. The maximum Gasteiger partial charge on any atom is 0.343 e. The molecule has 3 rings (SSSR count). The van der Waals surface area contributed by atoms with E-state index in [-0.39, 0.29) is 11.1 Å². The van der Waals surface area contributed by atoms with E-state index in [1.54, 1.807) is 54.6 Å². The minimum atomic E-state index is -0.546. The number of rotatable bonds is 8. The summed E-state index contributed by atoms with van der Waals surface area (Å²) in [5.41, 5.74) is 2.68. The highest BCUT2D eigenvalue weighted by Gasteiger charge is 2.14. The zero-order valence-corrected chi connectivity index (χ0v) is 16.5. The standard InChI is InChI=1S/C26H22O4/c1-3-6-19-10-14-23(15-11-19)29-25(27)21-8-5-9-22(18-21)26(28)30-24-16-12-20(7-4-2)13-17-24/h3-5,8-18H,1-2,6-7H2. The first-order chi connectivity index (χ1) is 14.6. The predicted molar refractivity (Wildman–Crippen MR) is 117 cm³/mol. The molecule has 0 spiro atoms. The lowest BCUT2D eigenvalue weighted by molar-refractivity contribution is 0.0734. The van der Waals surface area contributed by atoms with Gasteiger partial charge in [-0.2, -0.15) is 0 Å². The second kappa shape index (κ2) is 10.0. The number of ether oxygens (including phenoxy) is 2. The average molecular weight is 398 g/mol. The Morgan fingerprint density at radius 1 is 0.667 bits per heavy atom.